The predicted molar refractivity (Wildman–Crippen MR) is 77.6 cm³/mol. The second-order valence-corrected chi connectivity index (χ2v) is 5.26. The van der Waals surface area contributed by atoms with Crippen molar-refractivity contribution in [2.75, 3.05) is 11.1 Å². The third-order valence-corrected chi connectivity index (χ3v) is 3.40. The number of carbonyl (C=O) groups is 1. The Labute approximate surface area is 127 Å². The molecule has 0 saturated carbocycles. The summed E-state index contributed by atoms with van der Waals surface area (Å²) in [6.07, 6.45) is 0. The van der Waals surface area contributed by atoms with Crippen LogP contribution in [0.15, 0.2) is 28.7 Å². The lowest BCUT2D eigenvalue weighted by molar-refractivity contribution is 0.102. The molecule has 0 aliphatic rings. The summed E-state index contributed by atoms with van der Waals surface area (Å²) in [7, 11) is 0. The van der Waals surface area contributed by atoms with E-state index < -0.39 is 29.0 Å². The largest absolute Gasteiger partial charge is 0.398 e. The van der Waals surface area contributed by atoms with E-state index in [4.69, 9.17) is 5.73 Å². The van der Waals surface area contributed by atoms with E-state index in [1.54, 1.807) is 13.0 Å². The Morgan fingerprint density at radius 1 is 1.19 bits per heavy atom. The van der Waals surface area contributed by atoms with E-state index in [0.717, 1.165) is 12.1 Å². The van der Waals surface area contributed by atoms with Gasteiger partial charge in [0.05, 0.1) is 5.69 Å². The van der Waals surface area contributed by atoms with Gasteiger partial charge in [0.15, 0.2) is 17.5 Å². The summed E-state index contributed by atoms with van der Waals surface area (Å²) in [5, 5.41) is 2.19. The van der Waals surface area contributed by atoms with Gasteiger partial charge >= 0.3 is 0 Å². The molecule has 0 atom stereocenters. The predicted octanol–water partition coefficient (Wildman–Crippen LogP) is 4.01. The minimum Gasteiger partial charge on any atom is -0.398 e. The van der Waals surface area contributed by atoms with Crippen molar-refractivity contribution >= 4 is 33.2 Å². The molecule has 2 aromatic carbocycles. The Balaban J connectivity index is 2.37. The maximum absolute atomic E-state index is 13.5. The first-order valence-electron chi connectivity index (χ1n) is 5.81. The van der Waals surface area contributed by atoms with Gasteiger partial charge in [-0.1, -0.05) is 15.9 Å². The SMILES string of the molecule is Cc1c(N)cc(Br)cc1C(=O)Nc1ccc(F)c(F)c1F. The van der Waals surface area contributed by atoms with Crippen LogP contribution in [0, 0.1) is 24.4 Å². The number of hydrogen-bond donors (Lipinski definition) is 2. The lowest BCUT2D eigenvalue weighted by Crippen LogP contribution is -2.16. The fourth-order valence-corrected chi connectivity index (χ4v) is 2.22. The summed E-state index contributed by atoms with van der Waals surface area (Å²) in [5.74, 6) is -5.10. The molecule has 0 aliphatic heterocycles. The number of rotatable bonds is 2. The van der Waals surface area contributed by atoms with Crippen molar-refractivity contribution in [2.24, 2.45) is 0 Å². The maximum atomic E-state index is 13.5. The molecular weight excluding hydrogens is 349 g/mol. The van der Waals surface area contributed by atoms with Crippen LogP contribution >= 0.6 is 15.9 Å². The van der Waals surface area contributed by atoms with Crippen LogP contribution in [0.25, 0.3) is 0 Å². The number of nitrogens with two attached hydrogens (primary N) is 1. The average molecular weight is 359 g/mol. The Bertz CT molecular complexity index is 735. The molecule has 1 amide bonds. The normalized spacial score (nSPS) is 10.5. The molecule has 0 aliphatic carbocycles. The fourth-order valence-electron chi connectivity index (χ4n) is 1.75. The van der Waals surface area contributed by atoms with Crippen LogP contribution in [0.2, 0.25) is 0 Å². The molecule has 0 radical (unpaired) electrons. The second-order valence-electron chi connectivity index (χ2n) is 4.34. The van der Waals surface area contributed by atoms with Crippen molar-refractivity contribution in [3.05, 3.63) is 57.3 Å². The molecule has 2 aromatic rings. The van der Waals surface area contributed by atoms with Crippen LogP contribution in [-0.2, 0) is 0 Å². The van der Waals surface area contributed by atoms with Crippen LogP contribution in [0.4, 0.5) is 24.5 Å². The molecule has 0 saturated heterocycles. The summed E-state index contributed by atoms with van der Waals surface area (Å²) < 4.78 is 40.1. The number of amides is 1. The summed E-state index contributed by atoms with van der Waals surface area (Å²) in [5.41, 5.74) is 6.36. The minimum atomic E-state index is -1.64. The first-order valence-corrected chi connectivity index (χ1v) is 6.61. The molecule has 0 bridgehead atoms. The van der Waals surface area contributed by atoms with E-state index in [0.29, 0.717) is 15.7 Å². The summed E-state index contributed by atoms with van der Waals surface area (Å²) >= 11 is 3.19. The monoisotopic (exact) mass is 358 g/mol. The molecule has 3 nitrogen and oxygen atoms in total. The van der Waals surface area contributed by atoms with Crippen molar-refractivity contribution in [3.8, 4) is 0 Å². The molecule has 0 fully saturated rings. The number of nitrogens with one attached hydrogen (secondary N) is 1. The van der Waals surface area contributed by atoms with Crippen LogP contribution in [0.3, 0.4) is 0 Å². The number of anilines is 2. The molecule has 0 unspecified atom stereocenters. The maximum Gasteiger partial charge on any atom is 0.256 e. The van der Waals surface area contributed by atoms with Crippen molar-refractivity contribution in [1.82, 2.24) is 0 Å². The topological polar surface area (TPSA) is 55.1 Å². The van der Waals surface area contributed by atoms with Crippen molar-refractivity contribution < 1.29 is 18.0 Å². The van der Waals surface area contributed by atoms with Crippen LogP contribution in [-0.4, -0.2) is 5.91 Å². The van der Waals surface area contributed by atoms with Crippen molar-refractivity contribution in [1.29, 1.82) is 0 Å². The molecule has 0 aromatic heterocycles. The smallest absolute Gasteiger partial charge is 0.256 e. The molecule has 0 heterocycles. The number of benzene rings is 2. The summed E-state index contributed by atoms with van der Waals surface area (Å²) in [6, 6.07) is 4.79. The molecule has 21 heavy (non-hydrogen) atoms. The van der Waals surface area contributed by atoms with Gasteiger partial charge in [0.2, 0.25) is 0 Å². The Hall–Kier alpha value is -2.02. The quantitative estimate of drug-likeness (QED) is 0.629. The van der Waals surface area contributed by atoms with E-state index in [1.807, 2.05) is 0 Å². The van der Waals surface area contributed by atoms with Crippen molar-refractivity contribution in [2.45, 2.75) is 6.92 Å². The van der Waals surface area contributed by atoms with Gasteiger partial charge < -0.3 is 11.1 Å². The fraction of sp³-hybridized carbons (Fsp3) is 0.0714. The highest BCUT2D eigenvalue weighted by atomic mass is 79.9. The Morgan fingerprint density at radius 2 is 1.86 bits per heavy atom. The van der Waals surface area contributed by atoms with Gasteiger partial charge in [0.1, 0.15) is 0 Å². The zero-order chi connectivity index (χ0) is 15.7. The van der Waals surface area contributed by atoms with Gasteiger partial charge in [-0.25, -0.2) is 13.2 Å². The van der Waals surface area contributed by atoms with Gasteiger partial charge in [0.25, 0.3) is 5.91 Å². The lowest BCUT2D eigenvalue weighted by Gasteiger charge is -2.11. The van der Waals surface area contributed by atoms with E-state index in [9.17, 15) is 18.0 Å². The third-order valence-electron chi connectivity index (χ3n) is 2.94. The first kappa shape index (κ1) is 15.4. The van der Waals surface area contributed by atoms with E-state index in [1.165, 1.54) is 6.07 Å². The van der Waals surface area contributed by atoms with Crippen molar-refractivity contribution in [3.63, 3.8) is 0 Å². The number of halogens is 4. The number of nitrogen functional groups attached to an aromatic ring is 1. The number of hydrogen-bond acceptors (Lipinski definition) is 2. The highest BCUT2D eigenvalue weighted by Crippen LogP contribution is 2.25. The minimum absolute atomic E-state index is 0.200. The highest BCUT2D eigenvalue weighted by molar-refractivity contribution is 9.10. The standard InChI is InChI=1S/C14H10BrF3N2O/c1-6-8(4-7(15)5-10(6)19)14(21)20-11-3-2-9(16)12(17)13(11)18/h2-5H,19H2,1H3,(H,20,21). The first-order chi connectivity index (χ1) is 9.81. The number of carbonyl (C=O) groups excluding carboxylic acids is 1. The van der Waals surface area contributed by atoms with Gasteiger partial charge in [-0.15, -0.1) is 0 Å². The molecule has 0 spiro atoms. The zero-order valence-corrected chi connectivity index (χ0v) is 12.4. The van der Waals surface area contributed by atoms with Gasteiger partial charge in [-0.05, 0) is 36.8 Å². The Morgan fingerprint density at radius 3 is 2.52 bits per heavy atom. The van der Waals surface area contributed by atoms with E-state index in [-0.39, 0.29) is 5.56 Å². The summed E-state index contributed by atoms with van der Waals surface area (Å²) in [6.45, 7) is 1.62. The van der Waals surface area contributed by atoms with Crippen LogP contribution in [0.1, 0.15) is 15.9 Å². The second kappa shape index (κ2) is 5.77. The molecule has 3 N–H and O–H groups in total. The molecule has 110 valence electrons. The lowest BCUT2D eigenvalue weighted by atomic mass is 10.1. The molecular formula is C14H10BrF3N2O. The average Bonchev–Trinajstić information content (AvgIpc) is 2.43. The zero-order valence-electron chi connectivity index (χ0n) is 10.8. The molecule has 7 heteroatoms. The van der Waals surface area contributed by atoms with Crippen LogP contribution in [0.5, 0.6) is 0 Å². The third kappa shape index (κ3) is 3.02. The summed E-state index contributed by atoms with van der Waals surface area (Å²) in [4.78, 5) is 12.1. The Kier molecular flexibility index (Phi) is 4.22. The van der Waals surface area contributed by atoms with Gasteiger partial charge in [0, 0.05) is 15.7 Å². The van der Waals surface area contributed by atoms with Gasteiger partial charge in [-0.2, -0.15) is 0 Å². The van der Waals surface area contributed by atoms with E-state index in [2.05, 4.69) is 21.2 Å². The molecule has 2 rings (SSSR count). The van der Waals surface area contributed by atoms with Crippen LogP contribution < -0.4 is 11.1 Å². The van der Waals surface area contributed by atoms with Gasteiger partial charge in [-0.3, -0.25) is 4.79 Å². The van der Waals surface area contributed by atoms with E-state index >= 15 is 0 Å². The highest BCUT2D eigenvalue weighted by Gasteiger charge is 2.18.